The van der Waals surface area contributed by atoms with Crippen LogP contribution >= 0.6 is 0 Å². The fourth-order valence-electron chi connectivity index (χ4n) is 1.72. The topological polar surface area (TPSA) is 83.3 Å². The summed E-state index contributed by atoms with van der Waals surface area (Å²) in [7, 11) is 3.98. The van der Waals surface area contributed by atoms with Crippen LogP contribution in [0.2, 0.25) is 0 Å². The van der Waals surface area contributed by atoms with Gasteiger partial charge < -0.3 is 15.6 Å². The van der Waals surface area contributed by atoms with Crippen molar-refractivity contribution in [1.82, 2.24) is 15.2 Å². The van der Waals surface area contributed by atoms with E-state index < -0.39 is 0 Å². The van der Waals surface area contributed by atoms with Gasteiger partial charge >= 0.3 is 0 Å². The molecule has 19 heavy (non-hydrogen) atoms. The zero-order chi connectivity index (χ0) is 14.4. The third-order valence-electron chi connectivity index (χ3n) is 2.85. The normalized spacial score (nSPS) is 12.6. The van der Waals surface area contributed by atoms with Gasteiger partial charge in [0.1, 0.15) is 5.82 Å². The Labute approximate surface area is 114 Å². The maximum absolute atomic E-state index is 12.2. The summed E-state index contributed by atoms with van der Waals surface area (Å²) in [5.41, 5.74) is 2.98. The highest BCUT2D eigenvalue weighted by Gasteiger charge is 2.18. The number of amides is 1. The van der Waals surface area contributed by atoms with E-state index in [0.717, 1.165) is 6.54 Å². The summed E-state index contributed by atoms with van der Waals surface area (Å²) in [6, 6.07) is 3.40. The molecule has 4 N–H and O–H groups in total. The minimum absolute atomic E-state index is 0.102. The zero-order valence-electron chi connectivity index (χ0n) is 12.0. The van der Waals surface area contributed by atoms with Crippen molar-refractivity contribution in [2.45, 2.75) is 19.9 Å². The summed E-state index contributed by atoms with van der Waals surface area (Å²) >= 11 is 0. The molecule has 1 atom stereocenters. The Bertz CT molecular complexity index is 419. The summed E-state index contributed by atoms with van der Waals surface area (Å²) in [6.07, 6.45) is 1.56. The molecule has 0 aliphatic carbocycles. The highest BCUT2D eigenvalue weighted by Crippen LogP contribution is 2.08. The predicted molar refractivity (Wildman–Crippen MR) is 76.7 cm³/mol. The lowest BCUT2D eigenvalue weighted by Gasteiger charge is -2.25. The van der Waals surface area contributed by atoms with E-state index in [9.17, 15) is 4.79 Å². The highest BCUT2D eigenvalue weighted by molar-refractivity contribution is 5.95. The van der Waals surface area contributed by atoms with Gasteiger partial charge in [0.15, 0.2) is 0 Å². The standard InChI is InChI=1S/C13H23N5O/c1-9(2)11(8-18(3)4)16-13(19)10-5-6-15-12(7-10)17-14/h5-7,9,11H,8,14H2,1-4H3,(H,15,17)(H,16,19). The molecule has 0 bridgehead atoms. The molecule has 1 unspecified atom stereocenters. The molecule has 0 spiro atoms. The third kappa shape index (κ3) is 4.84. The molecule has 0 fully saturated rings. The Morgan fingerprint density at radius 1 is 1.47 bits per heavy atom. The highest BCUT2D eigenvalue weighted by atomic mass is 16.1. The second-order valence-electron chi connectivity index (χ2n) is 5.16. The van der Waals surface area contributed by atoms with E-state index in [2.05, 4.69) is 34.5 Å². The molecule has 0 aliphatic heterocycles. The van der Waals surface area contributed by atoms with Crippen LogP contribution in [-0.4, -0.2) is 42.5 Å². The summed E-state index contributed by atoms with van der Waals surface area (Å²) in [5, 5.41) is 3.04. The first-order valence-corrected chi connectivity index (χ1v) is 6.32. The van der Waals surface area contributed by atoms with Gasteiger partial charge in [0.2, 0.25) is 0 Å². The Balaban J connectivity index is 2.75. The van der Waals surface area contributed by atoms with Crippen LogP contribution in [0.15, 0.2) is 18.3 Å². The second kappa shape index (κ2) is 7.06. The van der Waals surface area contributed by atoms with Crippen LogP contribution in [0.25, 0.3) is 0 Å². The zero-order valence-corrected chi connectivity index (χ0v) is 12.0. The smallest absolute Gasteiger partial charge is 0.251 e. The van der Waals surface area contributed by atoms with Gasteiger partial charge in [-0.3, -0.25) is 4.79 Å². The number of rotatable bonds is 6. The van der Waals surface area contributed by atoms with Gasteiger partial charge in [-0.05, 0) is 32.1 Å². The van der Waals surface area contributed by atoms with Crippen LogP contribution in [0.4, 0.5) is 5.82 Å². The van der Waals surface area contributed by atoms with Gasteiger partial charge in [-0.1, -0.05) is 13.8 Å². The first kappa shape index (κ1) is 15.4. The van der Waals surface area contributed by atoms with Crippen molar-refractivity contribution < 1.29 is 4.79 Å². The summed E-state index contributed by atoms with van der Waals surface area (Å²) < 4.78 is 0. The number of nitrogens with zero attached hydrogens (tertiary/aromatic N) is 2. The van der Waals surface area contributed by atoms with Crippen LogP contribution in [0, 0.1) is 5.92 Å². The van der Waals surface area contributed by atoms with Crippen LogP contribution < -0.4 is 16.6 Å². The number of hydrazine groups is 1. The Kier molecular flexibility index (Phi) is 5.72. The maximum atomic E-state index is 12.2. The molecule has 1 aromatic heterocycles. The lowest BCUT2D eigenvalue weighted by atomic mass is 10.0. The van der Waals surface area contributed by atoms with Gasteiger partial charge in [0, 0.05) is 24.3 Å². The predicted octanol–water partition coefficient (Wildman–Crippen LogP) is 0.683. The van der Waals surface area contributed by atoms with Gasteiger partial charge in [0.25, 0.3) is 5.91 Å². The van der Waals surface area contributed by atoms with Crippen LogP contribution in [0.5, 0.6) is 0 Å². The Hall–Kier alpha value is -1.66. The van der Waals surface area contributed by atoms with Crippen molar-refractivity contribution in [3.8, 4) is 0 Å². The SMILES string of the molecule is CC(C)C(CN(C)C)NC(=O)c1ccnc(NN)c1. The van der Waals surface area contributed by atoms with E-state index in [1.54, 1.807) is 18.3 Å². The van der Waals surface area contributed by atoms with Crippen LogP contribution in [0.3, 0.4) is 0 Å². The molecule has 0 saturated heterocycles. The van der Waals surface area contributed by atoms with Gasteiger partial charge in [0.05, 0.1) is 0 Å². The minimum atomic E-state index is -0.112. The number of nitrogens with two attached hydrogens (primary N) is 1. The van der Waals surface area contributed by atoms with E-state index in [1.807, 2.05) is 14.1 Å². The molecule has 6 heteroatoms. The number of nitrogens with one attached hydrogen (secondary N) is 2. The number of nitrogen functional groups attached to an aromatic ring is 1. The maximum Gasteiger partial charge on any atom is 0.251 e. The first-order chi connectivity index (χ1) is 8.93. The molecule has 0 aromatic carbocycles. The van der Waals surface area contributed by atoms with Crippen molar-refractivity contribution in [3.63, 3.8) is 0 Å². The number of hydrogen-bond donors (Lipinski definition) is 3. The molecular formula is C13H23N5O. The molecule has 1 heterocycles. The molecule has 106 valence electrons. The number of carbonyl (C=O) groups is 1. The van der Waals surface area contributed by atoms with Crippen LogP contribution in [-0.2, 0) is 0 Å². The number of likely N-dealkylation sites (N-methyl/N-ethyl adjacent to an activating group) is 1. The molecule has 6 nitrogen and oxygen atoms in total. The Morgan fingerprint density at radius 3 is 2.68 bits per heavy atom. The van der Waals surface area contributed by atoms with E-state index in [1.165, 1.54) is 0 Å². The number of anilines is 1. The van der Waals surface area contributed by atoms with E-state index in [0.29, 0.717) is 17.3 Å². The van der Waals surface area contributed by atoms with E-state index in [4.69, 9.17) is 5.84 Å². The molecule has 0 saturated carbocycles. The fourth-order valence-corrected chi connectivity index (χ4v) is 1.72. The number of carbonyl (C=O) groups excluding carboxylic acids is 1. The number of aromatic nitrogens is 1. The first-order valence-electron chi connectivity index (χ1n) is 6.32. The molecule has 1 aromatic rings. The van der Waals surface area contributed by atoms with Crippen LogP contribution in [0.1, 0.15) is 24.2 Å². The largest absolute Gasteiger partial charge is 0.348 e. The number of hydrogen-bond acceptors (Lipinski definition) is 5. The van der Waals surface area contributed by atoms with Crippen molar-refractivity contribution in [2.75, 3.05) is 26.1 Å². The fraction of sp³-hybridized carbons (Fsp3) is 0.538. The third-order valence-corrected chi connectivity index (χ3v) is 2.85. The summed E-state index contributed by atoms with van der Waals surface area (Å²) in [6.45, 7) is 4.98. The molecule has 0 radical (unpaired) electrons. The molecular weight excluding hydrogens is 242 g/mol. The van der Waals surface area contributed by atoms with Crippen molar-refractivity contribution in [2.24, 2.45) is 11.8 Å². The van der Waals surface area contributed by atoms with Gasteiger partial charge in [-0.2, -0.15) is 0 Å². The summed E-state index contributed by atoms with van der Waals surface area (Å²) in [5.74, 6) is 6.01. The van der Waals surface area contributed by atoms with Gasteiger partial charge in [-0.25, -0.2) is 10.8 Å². The Morgan fingerprint density at radius 2 is 2.16 bits per heavy atom. The quantitative estimate of drug-likeness (QED) is 0.520. The average Bonchev–Trinajstić information content (AvgIpc) is 2.37. The summed E-state index contributed by atoms with van der Waals surface area (Å²) in [4.78, 5) is 18.2. The van der Waals surface area contributed by atoms with Crippen molar-refractivity contribution in [1.29, 1.82) is 0 Å². The molecule has 1 rings (SSSR count). The lowest BCUT2D eigenvalue weighted by Crippen LogP contribution is -2.45. The monoisotopic (exact) mass is 265 g/mol. The number of pyridine rings is 1. The van der Waals surface area contributed by atoms with Gasteiger partial charge in [-0.15, -0.1) is 0 Å². The van der Waals surface area contributed by atoms with Crippen molar-refractivity contribution >= 4 is 11.7 Å². The lowest BCUT2D eigenvalue weighted by molar-refractivity contribution is 0.0916. The average molecular weight is 265 g/mol. The molecule has 0 aliphatic rings. The van der Waals surface area contributed by atoms with Crippen molar-refractivity contribution in [3.05, 3.63) is 23.9 Å². The van der Waals surface area contributed by atoms with E-state index in [-0.39, 0.29) is 11.9 Å². The molecule has 1 amide bonds. The second-order valence-corrected chi connectivity index (χ2v) is 5.16. The van der Waals surface area contributed by atoms with E-state index >= 15 is 0 Å². The minimum Gasteiger partial charge on any atom is -0.348 e.